The first-order valence-corrected chi connectivity index (χ1v) is 5.31. The fourth-order valence-corrected chi connectivity index (χ4v) is 1.04. The van der Waals surface area contributed by atoms with Crippen molar-refractivity contribution in [3.8, 4) is 0 Å². The van der Waals surface area contributed by atoms with Crippen molar-refractivity contribution in [3.63, 3.8) is 0 Å². The van der Waals surface area contributed by atoms with Crippen LogP contribution in [0.25, 0.3) is 0 Å². The number of carbonyl (C=O) groups excluding carboxylic acids is 2. The molecule has 0 saturated heterocycles. The van der Waals surface area contributed by atoms with E-state index in [1.165, 1.54) is 18.9 Å². The standard InChI is InChI=1S/C10H16N2O6/c1-4-17-9(13)7-11(3)6-8(12(15)16)10(14)18-5-2/h6H,4-5,7H2,1-3H3/b8-6+. The highest BCUT2D eigenvalue weighted by molar-refractivity contribution is 5.85. The highest BCUT2D eigenvalue weighted by Crippen LogP contribution is 2.02. The molecule has 0 saturated carbocycles. The van der Waals surface area contributed by atoms with Crippen molar-refractivity contribution in [2.75, 3.05) is 26.8 Å². The van der Waals surface area contributed by atoms with Gasteiger partial charge < -0.3 is 14.4 Å². The van der Waals surface area contributed by atoms with Crippen LogP contribution in [0.2, 0.25) is 0 Å². The van der Waals surface area contributed by atoms with Gasteiger partial charge in [0.15, 0.2) is 0 Å². The Bertz CT molecular complexity index is 352. The topological polar surface area (TPSA) is 99.0 Å². The van der Waals surface area contributed by atoms with Crippen LogP contribution in [0.1, 0.15) is 13.8 Å². The molecule has 0 rings (SSSR count). The van der Waals surface area contributed by atoms with E-state index in [2.05, 4.69) is 9.47 Å². The van der Waals surface area contributed by atoms with Gasteiger partial charge in [0, 0.05) is 7.05 Å². The molecule has 0 aliphatic rings. The third kappa shape index (κ3) is 5.83. The monoisotopic (exact) mass is 260 g/mol. The van der Waals surface area contributed by atoms with Crippen LogP contribution in [-0.4, -0.2) is 48.6 Å². The van der Waals surface area contributed by atoms with Gasteiger partial charge in [-0.2, -0.15) is 0 Å². The maximum absolute atomic E-state index is 11.3. The molecule has 0 aromatic carbocycles. The minimum Gasteiger partial charge on any atom is -0.465 e. The van der Waals surface area contributed by atoms with Gasteiger partial charge in [-0.1, -0.05) is 0 Å². The molecule has 0 aromatic rings. The molecule has 0 atom stereocenters. The lowest BCUT2D eigenvalue weighted by Crippen LogP contribution is -2.26. The zero-order valence-corrected chi connectivity index (χ0v) is 10.5. The summed E-state index contributed by atoms with van der Waals surface area (Å²) in [4.78, 5) is 33.4. The molecule has 18 heavy (non-hydrogen) atoms. The Kier molecular flexibility index (Phi) is 7.10. The number of likely N-dealkylation sites (N-methyl/N-ethyl adjacent to an activating group) is 1. The van der Waals surface area contributed by atoms with Crippen LogP contribution in [0, 0.1) is 10.1 Å². The zero-order chi connectivity index (χ0) is 14.1. The molecule has 0 unspecified atom stereocenters. The number of esters is 2. The Morgan fingerprint density at radius 3 is 2.28 bits per heavy atom. The highest BCUT2D eigenvalue weighted by Gasteiger charge is 2.24. The highest BCUT2D eigenvalue weighted by atomic mass is 16.6. The summed E-state index contributed by atoms with van der Waals surface area (Å²) in [5.41, 5.74) is -0.733. The van der Waals surface area contributed by atoms with Crippen LogP contribution >= 0.6 is 0 Å². The number of rotatable bonds is 7. The Balaban J connectivity index is 4.69. The summed E-state index contributed by atoms with van der Waals surface area (Å²) in [6.07, 6.45) is 0.939. The van der Waals surface area contributed by atoms with Gasteiger partial charge >= 0.3 is 17.6 Å². The lowest BCUT2D eigenvalue weighted by atomic mass is 10.4. The molecule has 0 bridgehead atoms. The normalized spacial score (nSPS) is 10.7. The van der Waals surface area contributed by atoms with Gasteiger partial charge in [0.05, 0.1) is 24.3 Å². The number of hydrogen-bond acceptors (Lipinski definition) is 7. The first-order chi connectivity index (χ1) is 8.42. The third-order valence-electron chi connectivity index (χ3n) is 1.71. The fraction of sp³-hybridized carbons (Fsp3) is 0.600. The second-order valence-electron chi connectivity index (χ2n) is 3.21. The van der Waals surface area contributed by atoms with Crippen LogP contribution < -0.4 is 0 Å². The van der Waals surface area contributed by atoms with Gasteiger partial charge in [-0.3, -0.25) is 14.9 Å². The molecule has 0 aromatic heterocycles. The second-order valence-corrected chi connectivity index (χ2v) is 3.21. The maximum atomic E-state index is 11.3. The number of ether oxygens (including phenoxy) is 2. The fourth-order valence-electron chi connectivity index (χ4n) is 1.04. The van der Waals surface area contributed by atoms with E-state index in [-0.39, 0.29) is 19.8 Å². The van der Waals surface area contributed by atoms with Crippen molar-refractivity contribution >= 4 is 11.9 Å². The second kappa shape index (κ2) is 8.04. The van der Waals surface area contributed by atoms with Crippen molar-refractivity contribution in [2.45, 2.75) is 13.8 Å². The van der Waals surface area contributed by atoms with Crippen molar-refractivity contribution in [1.29, 1.82) is 0 Å². The summed E-state index contributed by atoms with van der Waals surface area (Å²) >= 11 is 0. The summed E-state index contributed by atoms with van der Waals surface area (Å²) in [6.45, 7) is 3.25. The number of hydrogen-bond donors (Lipinski definition) is 0. The predicted octanol–water partition coefficient (Wildman–Crippen LogP) is 0.163. The lowest BCUT2D eigenvalue weighted by Gasteiger charge is -2.12. The molecule has 0 amide bonds. The third-order valence-corrected chi connectivity index (χ3v) is 1.71. The minimum atomic E-state index is -1.04. The Labute approximate surface area is 104 Å². The molecule has 102 valence electrons. The molecule has 0 spiro atoms. The predicted molar refractivity (Wildman–Crippen MR) is 61.0 cm³/mol. The van der Waals surface area contributed by atoms with Gasteiger partial charge in [-0.25, -0.2) is 4.79 Å². The molecular weight excluding hydrogens is 244 g/mol. The summed E-state index contributed by atoms with van der Waals surface area (Å²) in [6, 6.07) is 0. The smallest absolute Gasteiger partial charge is 0.411 e. The van der Waals surface area contributed by atoms with E-state index < -0.39 is 22.6 Å². The molecule has 8 heteroatoms. The van der Waals surface area contributed by atoms with E-state index in [1.807, 2.05) is 0 Å². The molecule has 0 N–H and O–H groups in total. The Hall–Kier alpha value is -2.12. The van der Waals surface area contributed by atoms with Gasteiger partial charge in [0.25, 0.3) is 0 Å². The zero-order valence-electron chi connectivity index (χ0n) is 10.5. The molecular formula is C10H16N2O6. The minimum absolute atomic E-state index is 0.0333. The molecule has 0 aliphatic carbocycles. The van der Waals surface area contributed by atoms with Crippen LogP contribution in [-0.2, 0) is 19.1 Å². The lowest BCUT2D eigenvalue weighted by molar-refractivity contribution is -0.422. The summed E-state index contributed by atoms with van der Waals surface area (Å²) in [5.74, 6) is -1.58. The van der Waals surface area contributed by atoms with E-state index >= 15 is 0 Å². The van der Waals surface area contributed by atoms with Crippen molar-refractivity contribution in [3.05, 3.63) is 22.0 Å². The van der Waals surface area contributed by atoms with E-state index in [0.717, 1.165) is 6.20 Å². The van der Waals surface area contributed by atoms with Crippen LogP contribution in [0.15, 0.2) is 11.9 Å². The van der Waals surface area contributed by atoms with Crippen LogP contribution in [0.4, 0.5) is 0 Å². The molecule has 8 nitrogen and oxygen atoms in total. The Morgan fingerprint density at radius 2 is 1.83 bits per heavy atom. The Morgan fingerprint density at radius 1 is 1.28 bits per heavy atom. The van der Waals surface area contributed by atoms with E-state index in [1.54, 1.807) is 6.92 Å². The summed E-state index contributed by atoms with van der Waals surface area (Å²) in [5, 5.41) is 10.7. The largest absolute Gasteiger partial charge is 0.465 e. The maximum Gasteiger partial charge on any atom is 0.411 e. The average molecular weight is 260 g/mol. The summed E-state index contributed by atoms with van der Waals surface area (Å²) < 4.78 is 9.19. The molecule has 0 heterocycles. The molecule has 0 fully saturated rings. The van der Waals surface area contributed by atoms with E-state index in [9.17, 15) is 19.7 Å². The molecule has 0 radical (unpaired) electrons. The average Bonchev–Trinajstić information content (AvgIpc) is 2.25. The van der Waals surface area contributed by atoms with E-state index in [4.69, 9.17) is 0 Å². The van der Waals surface area contributed by atoms with Gasteiger partial charge in [0.2, 0.25) is 0 Å². The number of nitrogens with zero attached hydrogens (tertiary/aromatic N) is 2. The SMILES string of the molecule is CCOC(=O)CN(C)/C=C(\C(=O)OCC)[N+](=O)[O-]. The van der Waals surface area contributed by atoms with E-state index in [0.29, 0.717) is 0 Å². The number of carbonyl (C=O) groups is 2. The quantitative estimate of drug-likeness (QED) is 0.278. The summed E-state index contributed by atoms with van der Waals surface area (Å²) in [7, 11) is 1.42. The van der Waals surface area contributed by atoms with Crippen molar-refractivity contribution in [2.24, 2.45) is 0 Å². The van der Waals surface area contributed by atoms with Gasteiger partial charge in [-0.05, 0) is 13.8 Å². The van der Waals surface area contributed by atoms with Crippen molar-refractivity contribution in [1.82, 2.24) is 4.90 Å². The number of nitro groups is 1. The van der Waals surface area contributed by atoms with Gasteiger partial charge in [-0.15, -0.1) is 0 Å². The van der Waals surface area contributed by atoms with Crippen molar-refractivity contribution < 1.29 is 24.0 Å². The first-order valence-electron chi connectivity index (χ1n) is 5.31. The molecule has 0 aliphatic heterocycles. The first kappa shape index (κ1) is 15.9. The van der Waals surface area contributed by atoms with Crippen LogP contribution in [0.5, 0.6) is 0 Å². The van der Waals surface area contributed by atoms with Crippen LogP contribution in [0.3, 0.4) is 0 Å². The van der Waals surface area contributed by atoms with Gasteiger partial charge in [0.1, 0.15) is 6.54 Å².